The molecule has 17 heavy (non-hydrogen) atoms. The second-order valence-corrected chi connectivity index (χ2v) is 4.29. The Morgan fingerprint density at radius 3 is 2.82 bits per heavy atom. The highest BCUT2D eigenvalue weighted by atomic mass is 35.5. The molecule has 0 saturated heterocycles. The molecule has 0 unspecified atom stereocenters. The Kier molecular flexibility index (Phi) is 3.29. The zero-order valence-corrected chi connectivity index (χ0v) is 10.2. The van der Waals surface area contributed by atoms with Gasteiger partial charge in [-0.05, 0) is 24.1 Å². The fourth-order valence-corrected chi connectivity index (χ4v) is 1.91. The van der Waals surface area contributed by atoms with Crippen LogP contribution in [0.5, 0.6) is 0 Å². The quantitative estimate of drug-likeness (QED) is 0.755. The molecular weight excluding hydrogens is 238 g/mol. The van der Waals surface area contributed by atoms with Crippen molar-refractivity contribution in [2.45, 2.75) is 13.3 Å². The first-order valence-corrected chi connectivity index (χ1v) is 5.75. The molecular formula is C13H12ClNO2. The van der Waals surface area contributed by atoms with E-state index in [0.29, 0.717) is 5.56 Å². The summed E-state index contributed by atoms with van der Waals surface area (Å²) in [6.45, 7) is 2.05. The van der Waals surface area contributed by atoms with E-state index in [1.54, 1.807) is 19.1 Å². The van der Waals surface area contributed by atoms with Gasteiger partial charge < -0.3 is 0 Å². The van der Waals surface area contributed by atoms with Crippen LogP contribution in [0.3, 0.4) is 0 Å². The minimum absolute atomic E-state index is 0.174. The highest BCUT2D eigenvalue weighted by Crippen LogP contribution is 2.20. The van der Waals surface area contributed by atoms with E-state index in [2.05, 4.69) is 0 Å². The lowest BCUT2D eigenvalue weighted by Crippen LogP contribution is -2.43. The zero-order chi connectivity index (χ0) is 12.4. The molecule has 0 aliphatic carbocycles. The fourth-order valence-electron chi connectivity index (χ4n) is 1.84. The van der Waals surface area contributed by atoms with Crippen LogP contribution in [0, 0.1) is 0 Å². The third-order valence-electron chi connectivity index (χ3n) is 2.73. The number of halogens is 1. The molecule has 1 aliphatic heterocycles. The number of rotatable bonds is 2. The van der Waals surface area contributed by atoms with Gasteiger partial charge in [-0.15, -0.1) is 0 Å². The first-order chi connectivity index (χ1) is 8.13. The van der Waals surface area contributed by atoms with Crippen LogP contribution in [0.1, 0.15) is 22.8 Å². The average Bonchev–Trinajstić information content (AvgIpc) is 2.34. The van der Waals surface area contributed by atoms with Crippen molar-refractivity contribution in [2.75, 3.05) is 6.54 Å². The number of imide groups is 1. The van der Waals surface area contributed by atoms with E-state index in [4.69, 9.17) is 11.6 Å². The van der Waals surface area contributed by atoms with Crippen molar-refractivity contribution in [3.05, 3.63) is 46.5 Å². The standard InChI is InChI=1S/C13H12ClNO2/c1-9(7-14)8-15-12(16)6-10-4-2-3-5-11(10)13(15)17/h2-5,7H,6,8H2,1H3/b9-7+. The van der Waals surface area contributed by atoms with E-state index in [1.165, 1.54) is 10.4 Å². The Labute approximate surface area is 105 Å². The van der Waals surface area contributed by atoms with Gasteiger partial charge in [-0.2, -0.15) is 0 Å². The SMILES string of the molecule is C/C(=C\Cl)CN1C(=O)Cc2ccccc2C1=O. The molecule has 0 aromatic heterocycles. The van der Waals surface area contributed by atoms with E-state index in [-0.39, 0.29) is 24.8 Å². The van der Waals surface area contributed by atoms with Gasteiger partial charge in [0.05, 0.1) is 13.0 Å². The molecule has 88 valence electrons. The van der Waals surface area contributed by atoms with Crippen LogP contribution in [-0.4, -0.2) is 23.3 Å². The summed E-state index contributed by atoms with van der Waals surface area (Å²) < 4.78 is 0. The molecule has 1 aromatic rings. The minimum atomic E-state index is -0.241. The van der Waals surface area contributed by atoms with Crippen LogP contribution in [0.2, 0.25) is 0 Å². The maximum absolute atomic E-state index is 12.1. The van der Waals surface area contributed by atoms with Crippen LogP contribution in [0.4, 0.5) is 0 Å². The summed E-state index contributed by atoms with van der Waals surface area (Å²) in [5, 5.41) is 0. The lowest BCUT2D eigenvalue weighted by Gasteiger charge is -2.26. The van der Waals surface area contributed by atoms with Gasteiger partial charge in [0.2, 0.25) is 5.91 Å². The maximum atomic E-state index is 12.1. The van der Waals surface area contributed by atoms with Gasteiger partial charge in [0, 0.05) is 11.1 Å². The topological polar surface area (TPSA) is 37.4 Å². The Morgan fingerprint density at radius 1 is 1.41 bits per heavy atom. The fraction of sp³-hybridized carbons (Fsp3) is 0.231. The second kappa shape index (κ2) is 4.72. The van der Waals surface area contributed by atoms with Crippen molar-refractivity contribution >= 4 is 23.4 Å². The van der Waals surface area contributed by atoms with E-state index < -0.39 is 0 Å². The van der Waals surface area contributed by atoms with Crippen molar-refractivity contribution in [3.63, 3.8) is 0 Å². The first-order valence-electron chi connectivity index (χ1n) is 5.32. The molecule has 0 fully saturated rings. The molecule has 0 spiro atoms. The largest absolute Gasteiger partial charge is 0.274 e. The van der Waals surface area contributed by atoms with Crippen molar-refractivity contribution in [1.82, 2.24) is 4.90 Å². The third kappa shape index (κ3) is 2.24. The average molecular weight is 250 g/mol. The Morgan fingerprint density at radius 2 is 2.12 bits per heavy atom. The number of hydrogen-bond acceptors (Lipinski definition) is 2. The molecule has 0 atom stereocenters. The van der Waals surface area contributed by atoms with Crippen LogP contribution in [-0.2, 0) is 11.2 Å². The third-order valence-corrected chi connectivity index (χ3v) is 3.10. The summed E-state index contributed by atoms with van der Waals surface area (Å²) in [5.74, 6) is -0.415. The summed E-state index contributed by atoms with van der Waals surface area (Å²) in [4.78, 5) is 25.2. The van der Waals surface area contributed by atoms with Crippen molar-refractivity contribution in [3.8, 4) is 0 Å². The number of nitrogens with zero attached hydrogens (tertiary/aromatic N) is 1. The number of carbonyl (C=O) groups is 2. The molecule has 0 radical (unpaired) electrons. The normalized spacial score (nSPS) is 16.1. The van der Waals surface area contributed by atoms with Gasteiger partial charge in [0.1, 0.15) is 0 Å². The van der Waals surface area contributed by atoms with Gasteiger partial charge in [0.25, 0.3) is 5.91 Å². The summed E-state index contributed by atoms with van der Waals surface area (Å²) in [6.07, 6.45) is 0.275. The van der Waals surface area contributed by atoms with Gasteiger partial charge >= 0.3 is 0 Å². The molecule has 1 aromatic carbocycles. The highest BCUT2D eigenvalue weighted by Gasteiger charge is 2.30. The van der Waals surface area contributed by atoms with E-state index in [0.717, 1.165) is 11.1 Å². The summed E-state index contributed by atoms with van der Waals surface area (Å²) in [7, 11) is 0. The molecule has 1 heterocycles. The lowest BCUT2D eigenvalue weighted by atomic mass is 9.98. The number of amides is 2. The molecule has 2 rings (SSSR count). The van der Waals surface area contributed by atoms with Gasteiger partial charge in [0.15, 0.2) is 0 Å². The zero-order valence-electron chi connectivity index (χ0n) is 9.44. The van der Waals surface area contributed by atoms with Crippen molar-refractivity contribution in [1.29, 1.82) is 0 Å². The molecule has 4 heteroatoms. The predicted molar refractivity (Wildman–Crippen MR) is 65.8 cm³/mol. The predicted octanol–water partition coefficient (Wildman–Crippen LogP) is 2.35. The van der Waals surface area contributed by atoms with Gasteiger partial charge in [-0.25, -0.2) is 0 Å². The molecule has 0 bridgehead atoms. The smallest absolute Gasteiger partial charge is 0.261 e. The first kappa shape index (κ1) is 11.9. The molecule has 0 saturated carbocycles. The summed E-state index contributed by atoms with van der Waals surface area (Å²) in [5.41, 5.74) is 3.58. The van der Waals surface area contributed by atoms with Gasteiger partial charge in [-0.1, -0.05) is 29.8 Å². The Hall–Kier alpha value is -1.61. The Bertz CT molecular complexity index is 508. The van der Waals surface area contributed by atoms with Gasteiger partial charge in [-0.3, -0.25) is 14.5 Å². The van der Waals surface area contributed by atoms with Crippen molar-refractivity contribution in [2.24, 2.45) is 0 Å². The molecule has 0 N–H and O–H groups in total. The molecule has 2 amide bonds. The van der Waals surface area contributed by atoms with E-state index >= 15 is 0 Å². The monoisotopic (exact) mass is 249 g/mol. The minimum Gasteiger partial charge on any atom is -0.274 e. The number of fused-ring (bicyclic) bond motifs is 1. The van der Waals surface area contributed by atoms with Crippen LogP contribution < -0.4 is 0 Å². The van der Waals surface area contributed by atoms with E-state index in [1.807, 2.05) is 12.1 Å². The second-order valence-electron chi connectivity index (χ2n) is 4.07. The summed E-state index contributed by atoms with van der Waals surface area (Å²) in [6, 6.07) is 7.19. The number of hydrogen-bond donors (Lipinski definition) is 0. The molecule has 3 nitrogen and oxygen atoms in total. The maximum Gasteiger partial charge on any atom is 0.261 e. The van der Waals surface area contributed by atoms with E-state index in [9.17, 15) is 9.59 Å². The summed E-state index contributed by atoms with van der Waals surface area (Å²) >= 11 is 5.56. The van der Waals surface area contributed by atoms with Crippen LogP contribution >= 0.6 is 11.6 Å². The van der Waals surface area contributed by atoms with Crippen LogP contribution in [0.15, 0.2) is 35.4 Å². The van der Waals surface area contributed by atoms with Crippen LogP contribution in [0.25, 0.3) is 0 Å². The van der Waals surface area contributed by atoms with Crippen molar-refractivity contribution < 1.29 is 9.59 Å². The highest BCUT2D eigenvalue weighted by molar-refractivity contribution is 6.25. The number of carbonyl (C=O) groups excluding carboxylic acids is 2. The Balaban J connectivity index is 2.34. The molecule has 1 aliphatic rings. The number of benzene rings is 1. The lowest BCUT2D eigenvalue weighted by molar-refractivity contribution is -0.128.